The highest BCUT2D eigenvalue weighted by Gasteiger charge is 2.48. The van der Waals surface area contributed by atoms with Crippen molar-refractivity contribution in [2.75, 3.05) is 41.8 Å². The van der Waals surface area contributed by atoms with Gasteiger partial charge in [-0.05, 0) is 67.9 Å². The van der Waals surface area contributed by atoms with Crippen LogP contribution in [0.3, 0.4) is 0 Å². The van der Waals surface area contributed by atoms with Crippen LogP contribution in [0, 0.1) is 22.5 Å². The zero-order valence-electron chi connectivity index (χ0n) is 21.9. The van der Waals surface area contributed by atoms with Crippen molar-refractivity contribution in [2.45, 2.75) is 38.1 Å². The number of hydrogen-bond acceptors (Lipinski definition) is 7. The molecule has 11 heteroatoms. The van der Waals surface area contributed by atoms with Crippen LogP contribution in [0.1, 0.15) is 48.2 Å². The van der Waals surface area contributed by atoms with Gasteiger partial charge in [-0.15, -0.1) is 0 Å². The molecule has 0 bridgehead atoms. The van der Waals surface area contributed by atoms with E-state index in [2.05, 4.69) is 20.6 Å². The molecule has 6 rings (SSSR count). The summed E-state index contributed by atoms with van der Waals surface area (Å²) in [6.45, 7) is 2.96. The molecule has 1 saturated carbocycles. The Morgan fingerprint density at radius 1 is 1.07 bits per heavy atom. The second kappa shape index (κ2) is 10.5. The number of nitrogens with one attached hydrogen (secondary N) is 3. The first-order valence-corrected chi connectivity index (χ1v) is 13.5. The normalized spacial score (nSPS) is 19.4. The van der Waals surface area contributed by atoms with E-state index in [-0.39, 0.29) is 11.7 Å². The second-order valence-electron chi connectivity index (χ2n) is 10.8. The first-order chi connectivity index (χ1) is 19.4. The molecule has 3 aliphatic rings. The van der Waals surface area contributed by atoms with Gasteiger partial charge >= 0.3 is 0 Å². The van der Waals surface area contributed by atoms with Gasteiger partial charge < -0.3 is 25.7 Å². The van der Waals surface area contributed by atoms with E-state index in [9.17, 15) is 18.4 Å². The molecule has 208 valence electrons. The predicted octanol–water partition coefficient (Wildman–Crippen LogP) is 4.34. The third-order valence-electron chi connectivity index (χ3n) is 8.02. The fraction of sp³-hybridized carbons (Fsp3) is 0.379. The Kier molecular flexibility index (Phi) is 6.83. The maximum atomic E-state index is 14.4. The highest BCUT2D eigenvalue weighted by Crippen LogP contribution is 2.54. The zero-order valence-corrected chi connectivity index (χ0v) is 21.9. The number of ether oxygens (including phenoxy) is 1. The quantitative estimate of drug-likeness (QED) is 0.379. The Balaban J connectivity index is 1.35. The average molecular weight is 549 g/mol. The number of carbonyl (C=O) groups is 1. The molecule has 2 aliphatic heterocycles. The van der Waals surface area contributed by atoms with E-state index < -0.39 is 28.8 Å². The van der Waals surface area contributed by atoms with Crippen LogP contribution in [-0.2, 0) is 4.74 Å². The molecule has 1 aliphatic carbocycles. The van der Waals surface area contributed by atoms with E-state index >= 15 is 0 Å². The number of rotatable bonds is 7. The largest absolute Gasteiger partial charge is 0.379 e. The zero-order chi connectivity index (χ0) is 27.9. The summed E-state index contributed by atoms with van der Waals surface area (Å²) in [7, 11) is 0. The monoisotopic (exact) mass is 548 g/mol. The second-order valence-corrected chi connectivity index (χ2v) is 10.8. The van der Waals surface area contributed by atoms with Gasteiger partial charge in [0.15, 0.2) is 11.6 Å². The Morgan fingerprint density at radius 3 is 2.52 bits per heavy atom. The lowest BCUT2D eigenvalue weighted by molar-refractivity contribution is 0.0876. The van der Waals surface area contributed by atoms with Crippen LogP contribution in [0.5, 0.6) is 0 Å². The first kappa shape index (κ1) is 26.1. The fourth-order valence-corrected chi connectivity index (χ4v) is 5.68. The minimum absolute atomic E-state index is 0.123. The maximum absolute atomic E-state index is 14.4. The molecule has 40 heavy (non-hydrogen) atoms. The fourth-order valence-electron chi connectivity index (χ4n) is 5.68. The summed E-state index contributed by atoms with van der Waals surface area (Å²) in [6, 6.07) is 9.23. The number of nitrogens with zero attached hydrogens (tertiary/aromatic N) is 3. The van der Waals surface area contributed by atoms with Gasteiger partial charge in [0.05, 0.1) is 18.0 Å². The van der Waals surface area contributed by atoms with Crippen molar-refractivity contribution in [3.8, 4) is 5.69 Å². The van der Waals surface area contributed by atoms with Gasteiger partial charge in [0.2, 0.25) is 0 Å². The van der Waals surface area contributed by atoms with Gasteiger partial charge in [-0.3, -0.25) is 9.59 Å². The Bertz CT molecular complexity index is 1510. The van der Waals surface area contributed by atoms with Crippen molar-refractivity contribution in [1.29, 1.82) is 5.41 Å². The van der Waals surface area contributed by atoms with Crippen LogP contribution < -0.4 is 21.1 Å². The van der Waals surface area contributed by atoms with E-state index in [1.807, 2.05) is 6.07 Å². The number of amides is 1. The van der Waals surface area contributed by atoms with Crippen molar-refractivity contribution in [2.24, 2.45) is 5.41 Å². The molecule has 1 spiro atoms. The number of carbonyl (C=O) groups excluding carboxylic acids is 1. The van der Waals surface area contributed by atoms with Gasteiger partial charge in [-0.25, -0.2) is 8.78 Å². The van der Waals surface area contributed by atoms with Gasteiger partial charge in [0, 0.05) is 49.3 Å². The molecule has 3 N–H and O–H groups in total. The number of para-hydroxylation sites is 1. The summed E-state index contributed by atoms with van der Waals surface area (Å²) in [6.07, 6.45) is 6.60. The van der Waals surface area contributed by atoms with Gasteiger partial charge in [-0.2, -0.15) is 9.78 Å². The van der Waals surface area contributed by atoms with Gasteiger partial charge in [0.1, 0.15) is 11.4 Å². The van der Waals surface area contributed by atoms with Crippen LogP contribution in [0.4, 0.5) is 25.8 Å². The van der Waals surface area contributed by atoms with Gasteiger partial charge in [0.25, 0.3) is 11.5 Å². The lowest BCUT2D eigenvalue weighted by atomic mass is 10.0. The maximum Gasteiger partial charge on any atom is 0.276 e. The predicted molar refractivity (Wildman–Crippen MR) is 148 cm³/mol. The van der Waals surface area contributed by atoms with Crippen molar-refractivity contribution in [1.82, 2.24) is 9.78 Å². The topological polar surface area (TPSA) is 112 Å². The summed E-state index contributed by atoms with van der Waals surface area (Å²) in [4.78, 5) is 28.0. The Morgan fingerprint density at radius 2 is 1.85 bits per heavy atom. The van der Waals surface area contributed by atoms with Crippen molar-refractivity contribution in [3.05, 3.63) is 75.7 Å². The third kappa shape index (κ3) is 4.97. The number of benzene rings is 2. The summed E-state index contributed by atoms with van der Waals surface area (Å²) in [5.41, 5.74) is 1.35. The van der Waals surface area contributed by atoms with Crippen LogP contribution in [0.25, 0.3) is 5.69 Å². The van der Waals surface area contributed by atoms with Crippen molar-refractivity contribution in [3.63, 3.8) is 0 Å². The van der Waals surface area contributed by atoms with Crippen LogP contribution in [0.2, 0.25) is 0 Å². The first-order valence-electron chi connectivity index (χ1n) is 13.5. The van der Waals surface area contributed by atoms with Crippen molar-refractivity contribution >= 4 is 29.2 Å². The molecule has 3 fully saturated rings. The number of hydrogen-bond donors (Lipinski definition) is 3. The van der Waals surface area contributed by atoms with Gasteiger partial charge in [-0.1, -0.05) is 6.07 Å². The average Bonchev–Trinajstić information content (AvgIpc) is 3.59. The van der Waals surface area contributed by atoms with E-state index in [4.69, 9.17) is 10.1 Å². The van der Waals surface area contributed by atoms with Crippen LogP contribution >= 0.6 is 0 Å². The Hall–Kier alpha value is -4.12. The molecule has 1 aromatic heterocycles. The SMILES string of the molecule is N=Cc1c(NC2CCCOC2)ccc(NC(=O)c2ccc(=O)n(-c3c(F)cccc3F)n2)c1N1CCC2(CC2)C1. The molecule has 0 radical (unpaired) electrons. The van der Waals surface area contributed by atoms with E-state index in [1.165, 1.54) is 31.2 Å². The standard InChI is InChI=1S/C29H30F2N6O3/c30-20-4-1-5-21(31)27(20)37-25(38)9-8-24(35-37)28(39)34-23-7-6-22(33-18-3-2-14-40-16-18)19(15-32)26(23)36-13-12-29(17-36)10-11-29/h1,4-9,15,18,32-33H,2-3,10-14,16-17H2,(H,34,39). The molecule has 1 unspecified atom stereocenters. The van der Waals surface area contributed by atoms with Crippen LogP contribution in [0.15, 0.2) is 47.3 Å². The molecule has 1 amide bonds. The molecule has 2 aromatic carbocycles. The van der Waals surface area contributed by atoms with E-state index in [1.54, 1.807) is 6.07 Å². The summed E-state index contributed by atoms with van der Waals surface area (Å²) >= 11 is 0. The van der Waals surface area contributed by atoms with Crippen molar-refractivity contribution < 1.29 is 18.3 Å². The molecule has 3 aromatic rings. The summed E-state index contributed by atoms with van der Waals surface area (Å²) in [5, 5.41) is 18.7. The highest BCUT2D eigenvalue weighted by molar-refractivity contribution is 6.08. The molecular weight excluding hydrogens is 518 g/mol. The van der Waals surface area contributed by atoms with E-state index in [0.29, 0.717) is 28.0 Å². The molecule has 1 atom stereocenters. The third-order valence-corrected chi connectivity index (χ3v) is 8.02. The minimum Gasteiger partial charge on any atom is -0.379 e. The molecular formula is C29H30F2N6O3. The van der Waals surface area contributed by atoms with E-state index in [0.717, 1.165) is 68.5 Å². The highest BCUT2D eigenvalue weighted by atomic mass is 19.1. The minimum atomic E-state index is -0.973. The molecule has 9 nitrogen and oxygen atoms in total. The lowest BCUT2D eigenvalue weighted by Gasteiger charge is -2.29. The molecule has 3 heterocycles. The molecule has 2 saturated heterocycles. The summed E-state index contributed by atoms with van der Waals surface area (Å²) in [5.74, 6) is -2.59. The lowest BCUT2D eigenvalue weighted by Crippen LogP contribution is -2.31. The number of halogens is 2. The smallest absolute Gasteiger partial charge is 0.276 e. The number of anilines is 3. The summed E-state index contributed by atoms with van der Waals surface area (Å²) < 4.78 is 35.0. The van der Waals surface area contributed by atoms with Crippen LogP contribution in [-0.4, -0.2) is 54.2 Å². The number of aromatic nitrogens is 2. The Labute approximate surface area is 229 Å².